The van der Waals surface area contributed by atoms with E-state index < -0.39 is 8.07 Å². The van der Waals surface area contributed by atoms with Gasteiger partial charge in [-0.25, -0.2) is 0 Å². The highest BCUT2D eigenvalue weighted by Gasteiger charge is 2.42. The second-order valence-corrected chi connectivity index (χ2v) is 20.6. The van der Waals surface area contributed by atoms with Crippen LogP contribution >= 0.6 is 0 Å². The Hall–Kier alpha value is -8.18. The van der Waals surface area contributed by atoms with E-state index in [9.17, 15) is 0 Å². The molecule has 3 heterocycles. The lowest BCUT2D eigenvalue weighted by molar-refractivity contribution is 0.673. The van der Waals surface area contributed by atoms with Gasteiger partial charge in [0.1, 0.15) is 11.2 Å². The molecule has 0 bridgehead atoms. The van der Waals surface area contributed by atoms with Gasteiger partial charge in [0.25, 0.3) is 0 Å². The van der Waals surface area contributed by atoms with Crippen molar-refractivity contribution in [1.82, 2.24) is 9.13 Å². The van der Waals surface area contributed by atoms with Crippen LogP contribution in [0.1, 0.15) is 0 Å². The summed E-state index contributed by atoms with van der Waals surface area (Å²) in [5, 5.41) is 12.4. The van der Waals surface area contributed by atoms with E-state index >= 15 is 0 Å². The molecule has 0 fully saturated rings. The van der Waals surface area contributed by atoms with E-state index in [1.54, 1.807) is 0 Å². The molecule has 0 saturated heterocycles. The monoisotopic (exact) mass is 832 g/mol. The van der Waals surface area contributed by atoms with Gasteiger partial charge in [-0.15, -0.1) is 0 Å². The van der Waals surface area contributed by atoms with E-state index in [4.69, 9.17) is 4.42 Å². The molecule has 0 atom stereocenters. The Morgan fingerprint density at radius 1 is 0.297 bits per heavy atom. The third-order valence-electron chi connectivity index (χ3n) is 13.4. The van der Waals surface area contributed by atoms with Crippen molar-refractivity contribution in [2.75, 3.05) is 0 Å². The minimum Gasteiger partial charge on any atom is -0.455 e. The molecule has 13 aromatic rings. The Morgan fingerprint density at radius 2 is 0.812 bits per heavy atom. The topological polar surface area (TPSA) is 23.0 Å². The maximum absolute atomic E-state index is 6.68. The largest absolute Gasteiger partial charge is 0.455 e. The average Bonchev–Trinajstić information content (AvgIpc) is 4.03. The Labute approximate surface area is 371 Å². The molecule has 64 heavy (non-hydrogen) atoms. The Morgan fingerprint density at radius 3 is 1.56 bits per heavy atom. The zero-order valence-electron chi connectivity index (χ0n) is 34.9. The fourth-order valence-electron chi connectivity index (χ4n) is 10.7. The normalized spacial score (nSPS) is 12.1. The highest BCUT2D eigenvalue weighted by Crippen LogP contribution is 2.41. The van der Waals surface area contributed by atoms with Crippen LogP contribution in [0.25, 0.3) is 88.1 Å². The maximum Gasteiger partial charge on any atom is 0.179 e. The molecule has 4 heteroatoms. The van der Waals surface area contributed by atoms with Crippen LogP contribution in [-0.4, -0.2) is 17.2 Å². The number of para-hydroxylation sites is 4. The zero-order valence-corrected chi connectivity index (χ0v) is 35.9. The van der Waals surface area contributed by atoms with Gasteiger partial charge in [0.05, 0.1) is 27.5 Å². The standard InChI is InChI=1S/C60H40N2OSi/c1-4-19-43(20-5-1)61-54-31-13-10-28-49(54)53-39-42(34-36-56(53)61)41-18-16-26-47(38-41)64(45-22-6-2-7-23-45,46-24-8-3-9-25-46)48-27-17-21-44(40-48)62-55-32-14-11-30-52(55)59-57(62)37-35-51-50-29-12-15-33-58(50)63-60(51)59/h1-40H. The molecule has 0 aliphatic rings. The molecule has 0 saturated carbocycles. The van der Waals surface area contributed by atoms with Crippen molar-refractivity contribution in [2.24, 2.45) is 0 Å². The van der Waals surface area contributed by atoms with E-state index in [0.29, 0.717) is 0 Å². The van der Waals surface area contributed by atoms with Gasteiger partial charge in [-0.3, -0.25) is 0 Å². The molecular weight excluding hydrogens is 793 g/mol. The van der Waals surface area contributed by atoms with Gasteiger partial charge in [-0.2, -0.15) is 0 Å². The Bertz CT molecular complexity index is 3860. The lowest BCUT2D eigenvalue weighted by atomic mass is 10.0. The van der Waals surface area contributed by atoms with Gasteiger partial charge in [0.15, 0.2) is 8.07 Å². The number of rotatable bonds is 7. The number of fused-ring (bicyclic) bond motifs is 10. The van der Waals surface area contributed by atoms with Crippen LogP contribution in [0.4, 0.5) is 0 Å². The molecule has 0 N–H and O–H groups in total. The highest BCUT2D eigenvalue weighted by molar-refractivity contribution is 7.20. The fraction of sp³-hybridized carbons (Fsp3) is 0. The van der Waals surface area contributed by atoms with E-state index in [-0.39, 0.29) is 0 Å². The zero-order chi connectivity index (χ0) is 42.2. The predicted molar refractivity (Wildman–Crippen MR) is 271 cm³/mol. The average molecular weight is 833 g/mol. The Balaban J connectivity index is 1.04. The van der Waals surface area contributed by atoms with Gasteiger partial charge in [-0.05, 0) is 98.6 Å². The fourth-order valence-corrected chi connectivity index (χ4v) is 15.5. The summed E-state index contributed by atoms with van der Waals surface area (Å²) in [4.78, 5) is 0. The van der Waals surface area contributed by atoms with Crippen molar-refractivity contribution in [3.05, 3.63) is 243 Å². The number of hydrogen-bond donors (Lipinski definition) is 0. The van der Waals surface area contributed by atoms with Gasteiger partial charge in [0.2, 0.25) is 0 Å². The van der Waals surface area contributed by atoms with Gasteiger partial charge in [-0.1, -0.05) is 176 Å². The van der Waals surface area contributed by atoms with Crippen LogP contribution in [0.2, 0.25) is 0 Å². The van der Waals surface area contributed by atoms with Crippen molar-refractivity contribution < 1.29 is 4.42 Å². The molecule has 13 rings (SSSR count). The number of aromatic nitrogens is 2. The molecule has 0 unspecified atom stereocenters. The van der Waals surface area contributed by atoms with Crippen molar-refractivity contribution >= 4 is 94.4 Å². The first kappa shape index (κ1) is 36.5. The van der Waals surface area contributed by atoms with Crippen LogP contribution < -0.4 is 20.7 Å². The summed E-state index contributed by atoms with van der Waals surface area (Å²) < 4.78 is 11.5. The van der Waals surface area contributed by atoms with Crippen molar-refractivity contribution in [2.45, 2.75) is 0 Å². The van der Waals surface area contributed by atoms with E-state index in [0.717, 1.165) is 49.7 Å². The summed E-state index contributed by atoms with van der Waals surface area (Å²) in [6.45, 7) is 0. The van der Waals surface area contributed by atoms with Crippen molar-refractivity contribution in [1.29, 1.82) is 0 Å². The number of nitrogens with zero attached hydrogens (tertiary/aromatic N) is 2. The molecule has 3 nitrogen and oxygen atoms in total. The van der Waals surface area contributed by atoms with Crippen LogP contribution in [0.5, 0.6) is 0 Å². The van der Waals surface area contributed by atoms with Crippen molar-refractivity contribution in [3.8, 4) is 22.5 Å². The third-order valence-corrected chi connectivity index (χ3v) is 18.2. The first-order valence-electron chi connectivity index (χ1n) is 22.0. The molecule has 3 aromatic heterocycles. The van der Waals surface area contributed by atoms with Gasteiger partial charge < -0.3 is 13.6 Å². The van der Waals surface area contributed by atoms with Gasteiger partial charge in [0, 0.05) is 38.3 Å². The summed E-state index contributed by atoms with van der Waals surface area (Å²) in [5.41, 5.74) is 11.2. The van der Waals surface area contributed by atoms with Crippen LogP contribution in [0.3, 0.4) is 0 Å². The summed E-state index contributed by atoms with van der Waals surface area (Å²) in [6, 6.07) is 89.4. The molecule has 0 spiro atoms. The minimum atomic E-state index is -2.98. The van der Waals surface area contributed by atoms with Crippen LogP contribution in [-0.2, 0) is 0 Å². The van der Waals surface area contributed by atoms with Gasteiger partial charge >= 0.3 is 0 Å². The SMILES string of the molecule is c1ccc(-n2c3ccccc3c3cc(-c4cccc([Si](c5ccccc5)(c5ccccc5)c5cccc(-n6c7ccccc7c7c8oc9ccccc9c8ccc76)c5)c4)ccc32)cc1. The molecule has 0 amide bonds. The minimum absolute atomic E-state index is 0.909. The second kappa shape index (κ2) is 14.5. The highest BCUT2D eigenvalue weighted by atomic mass is 28.3. The van der Waals surface area contributed by atoms with E-state index in [1.165, 1.54) is 59.1 Å². The first-order chi connectivity index (χ1) is 31.8. The van der Waals surface area contributed by atoms with Crippen LogP contribution in [0, 0.1) is 0 Å². The summed E-state index contributed by atoms with van der Waals surface area (Å²) in [6.07, 6.45) is 0. The Kier molecular flexibility index (Phi) is 8.23. The molecule has 0 aliphatic heterocycles. The first-order valence-corrected chi connectivity index (χ1v) is 24.0. The smallest absolute Gasteiger partial charge is 0.179 e. The lowest BCUT2D eigenvalue weighted by Gasteiger charge is -2.35. The molecule has 0 aliphatic carbocycles. The summed E-state index contributed by atoms with van der Waals surface area (Å²) in [5.74, 6) is 0. The number of hydrogen-bond acceptors (Lipinski definition) is 1. The summed E-state index contributed by atoms with van der Waals surface area (Å²) >= 11 is 0. The van der Waals surface area contributed by atoms with Crippen LogP contribution in [0.15, 0.2) is 247 Å². The molecule has 300 valence electrons. The molecule has 0 radical (unpaired) electrons. The maximum atomic E-state index is 6.68. The van der Waals surface area contributed by atoms with Crippen molar-refractivity contribution in [3.63, 3.8) is 0 Å². The predicted octanol–water partition coefficient (Wildman–Crippen LogP) is 12.8. The third kappa shape index (κ3) is 5.39. The summed E-state index contributed by atoms with van der Waals surface area (Å²) in [7, 11) is -2.98. The molecule has 10 aromatic carbocycles. The second-order valence-electron chi connectivity index (χ2n) is 16.8. The van der Waals surface area contributed by atoms with E-state index in [1.807, 2.05) is 6.07 Å². The number of benzene rings is 10. The lowest BCUT2D eigenvalue weighted by Crippen LogP contribution is -2.74. The number of furan rings is 1. The molecular formula is C60H40N2OSi. The van der Waals surface area contributed by atoms with E-state index in [2.05, 4.69) is 246 Å². The quantitative estimate of drug-likeness (QED) is 0.116.